The van der Waals surface area contributed by atoms with Crippen LogP contribution < -0.4 is 10.1 Å². The molecule has 0 saturated carbocycles. The van der Waals surface area contributed by atoms with E-state index in [1.54, 1.807) is 24.4 Å². The molecule has 7 nitrogen and oxygen atoms in total. The van der Waals surface area contributed by atoms with Crippen LogP contribution in [0.15, 0.2) is 36.5 Å². The van der Waals surface area contributed by atoms with Crippen LogP contribution in [-0.4, -0.2) is 17.0 Å². The minimum Gasteiger partial charge on any atom is -0.481 e. The van der Waals surface area contributed by atoms with Crippen LogP contribution >= 0.6 is 0 Å². The van der Waals surface area contributed by atoms with Crippen LogP contribution in [0.1, 0.15) is 11.1 Å². The number of rotatable bonds is 5. The molecule has 0 bridgehead atoms. The molecule has 7 heteroatoms. The summed E-state index contributed by atoms with van der Waals surface area (Å²) in [5, 5.41) is 22.8. The Morgan fingerprint density at radius 1 is 1.48 bits per heavy atom. The second-order valence-corrected chi connectivity index (χ2v) is 4.13. The van der Waals surface area contributed by atoms with Gasteiger partial charge in [0.15, 0.2) is 0 Å². The molecule has 21 heavy (non-hydrogen) atoms. The van der Waals surface area contributed by atoms with E-state index < -0.39 is 4.92 Å². The summed E-state index contributed by atoms with van der Waals surface area (Å²) in [6.45, 7) is 0.403. The van der Waals surface area contributed by atoms with E-state index in [-0.39, 0.29) is 11.3 Å². The van der Waals surface area contributed by atoms with Gasteiger partial charge in [0.25, 0.3) is 5.69 Å². The molecule has 0 atom stereocenters. The number of hydrogen-bond donors (Lipinski definition) is 1. The number of nitro groups is 1. The molecule has 106 valence electrons. The van der Waals surface area contributed by atoms with Crippen LogP contribution in [0.3, 0.4) is 0 Å². The molecule has 0 fully saturated rings. The fourth-order valence-electron chi connectivity index (χ4n) is 1.83. The van der Waals surface area contributed by atoms with E-state index in [9.17, 15) is 10.1 Å². The molecule has 0 unspecified atom stereocenters. The van der Waals surface area contributed by atoms with E-state index in [4.69, 9.17) is 10.00 Å². The highest BCUT2D eigenvalue weighted by molar-refractivity contribution is 5.59. The Bertz CT molecular complexity index is 710. The van der Waals surface area contributed by atoms with Gasteiger partial charge in [-0.15, -0.1) is 0 Å². The van der Waals surface area contributed by atoms with Gasteiger partial charge in [-0.25, -0.2) is 4.98 Å². The summed E-state index contributed by atoms with van der Waals surface area (Å²) in [5.41, 5.74) is 1.18. The first-order valence-corrected chi connectivity index (χ1v) is 6.06. The van der Waals surface area contributed by atoms with Crippen molar-refractivity contribution in [2.24, 2.45) is 0 Å². The predicted octanol–water partition coefficient (Wildman–Crippen LogP) is 2.48. The van der Waals surface area contributed by atoms with Crippen molar-refractivity contribution in [3.8, 4) is 11.9 Å². The molecule has 1 aromatic carbocycles. The Balaban J connectivity index is 2.19. The number of ether oxygens (including phenoxy) is 1. The number of nitriles is 1. The third-order valence-electron chi connectivity index (χ3n) is 2.84. The number of nitrogens with one attached hydrogen (secondary N) is 1. The van der Waals surface area contributed by atoms with E-state index in [2.05, 4.69) is 10.3 Å². The van der Waals surface area contributed by atoms with E-state index in [0.717, 1.165) is 5.56 Å². The van der Waals surface area contributed by atoms with Crippen LogP contribution in [0.4, 0.5) is 11.4 Å². The molecule has 0 amide bonds. The third kappa shape index (κ3) is 3.25. The Morgan fingerprint density at radius 2 is 2.29 bits per heavy atom. The summed E-state index contributed by atoms with van der Waals surface area (Å²) in [6.07, 6.45) is 1.62. The normalized spacial score (nSPS) is 9.71. The molecule has 0 radical (unpaired) electrons. The molecule has 0 aliphatic carbocycles. The molecule has 0 aliphatic heterocycles. The number of pyridine rings is 1. The Hall–Kier alpha value is -3.14. The van der Waals surface area contributed by atoms with E-state index in [1.807, 2.05) is 6.07 Å². The van der Waals surface area contributed by atoms with Crippen molar-refractivity contribution in [2.45, 2.75) is 6.54 Å². The zero-order valence-electron chi connectivity index (χ0n) is 11.2. The lowest BCUT2D eigenvalue weighted by molar-refractivity contribution is -0.385. The molecule has 0 saturated heterocycles. The summed E-state index contributed by atoms with van der Waals surface area (Å²) in [6, 6.07) is 9.79. The van der Waals surface area contributed by atoms with Crippen LogP contribution in [0.5, 0.6) is 5.88 Å². The first-order chi connectivity index (χ1) is 10.2. The lowest BCUT2D eigenvalue weighted by Gasteiger charge is -2.09. The molecule has 1 N–H and O–H groups in total. The van der Waals surface area contributed by atoms with Crippen LogP contribution in [0.2, 0.25) is 0 Å². The number of hydrogen-bond acceptors (Lipinski definition) is 6. The second kappa shape index (κ2) is 6.34. The number of methoxy groups -OCH3 is 1. The van der Waals surface area contributed by atoms with Gasteiger partial charge in [-0.3, -0.25) is 10.1 Å². The van der Waals surface area contributed by atoms with Crippen LogP contribution in [-0.2, 0) is 6.54 Å². The SMILES string of the molecule is COc1ncccc1CNc1ccc(C#N)c([N+](=O)[O-])c1. The minimum atomic E-state index is -0.575. The van der Waals surface area contributed by atoms with Crippen LogP contribution in [0.25, 0.3) is 0 Å². The van der Waals surface area contributed by atoms with E-state index >= 15 is 0 Å². The van der Waals surface area contributed by atoms with Gasteiger partial charge >= 0.3 is 0 Å². The highest BCUT2D eigenvalue weighted by Gasteiger charge is 2.14. The quantitative estimate of drug-likeness (QED) is 0.668. The lowest BCUT2D eigenvalue weighted by Crippen LogP contribution is -2.03. The van der Waals surface area contributed by atoms with Gasteiger partial charge in [0.2, 0.25) is 5.88 Å². The zero-order valence-corrected chi connectivity index (χ0v) is 11.2. The average Bonchev–Trinajstić information content (AvgIpc) is 2.52. The minimum absolute atomic E-state index is 0.0320. The predicted molar refractivity (Wildman–Crippen MR) is 75.9 cm³/mol. The largest absolute Gasteiger partial charge is 0.481 e. The van der Waals surface area contributed by atoms with Gasteiger partial charge in [-0.1, -0.05) is 6.07 Å². The summed E-state index contributed by atoms with van der Waals surface area (Å²) in [5.74, 6) is 0.494. The summed E-state index contributed by atoms with van der Waals surface area (Å²) < 4.78 is 5.13. The average molecular weight is 284 g/mol. The molecule has 2 aromatic rings. The molecular weight excluding hydrogens is 272 g/mol. The van der Waals surface area contributed by atoms with Gasteiger partial charge in [-0.2, -0.15) is 5.26 Å². The van der Waals surface area contributed by atoms with Crippen molar-refractivity contribution < 1.29 is 9.66 Å². The molecule has 0 aliphatic rings. The highest BCUT2D eigenvalue weighted by atomic mass is 16.6. The monoisotopic (exact) mass is 284 g/mol. The maximum atomic E-state index is 10.9. The van der Waals surface area contributed by atoms with Gasteiger partial charge in [0, 0.05) is 30.1 Å². The fraction of sp³-hybridized carbons (Fsp3) is 0.143. The van der Waals surface area contributed by atoms with E-state index in [0.29, 0.717) is 18.1 Å². The first kappa shape index (κ1) is 14.3. The zero-order chi connectivity index (χ0) is 15.2. The van der Waals surface area contributed by atoms with Crippen molar-refractivity contribution in [3.63, 3.8) is 0 Å². The highest BCUT2D eigenvalue weighted by Crippen LogP contribution is 2.23. The molecular formula is C14H12N4O3. The molecule has 1 heterocycles. The number of anilines is 1. The maximum Gasteiger partial charge on any atom is 0.289 e. The summed E-state index contributed by atoms with van der Waals surface area (Å²) in [4.78, 5) is 14.4. The standard InChI is InChI=1S/C14H12N4O3/c1-21-14-11(3-2-6-16-14)9-17-12-5-4-10(8-15)13(7-12)18(19)20/h2-7,17H,9H2,1H3. The van der Waals surface area contributed by atoms with Crippen LogP contribution in [0, 0.1) is 21.4 Å². The van der Waals surface area contributed by atoms with Crippen molar-refractivity contribution in [1.82, 2.24) is 4.98 Å². The number of nitro benzene ring substituents is 1. The van der Waals surface area contributed by atoms with Crippen molar-refractivity contribution in [3.05, 3.63) is 57.8 Å². The Labute approximate surface area is 121 Å². The fourth-order valence-corrected chi connectivity index (χ4v) is 1.83. The Kier molecular flexibility index (Phi) is 4.31. The molecule has 2 rings (SSSR count). The molecule has 1 aromatic heterocycles. The first-order valence-electron chi connectivity index (χ1n) is 6.06. The van der Waals surface area contributed by atoms with Gasteiger partial charge in [0.1, 0.15) is 11.6 Å². The maximum absolute atomic E-state index is 10.9. The van der Waals surface area contributed by atoms with Gasteiger partial charge in [0.05, 0.1) is 12.0 Å². The smallest absolute Gasteiger partial charge is 0.289 e. The van der Waals surface area contributed by atoms with Gasteiger partial charge < -0.3 is 10.1 Å². The van der Waals surface area contributed by atoms with Gasteiger partial charge in [-0.05, 0) is 18.2 Å². The lowest BCUT2D eigenvalue weighted by atomic mass is 10.1. The Morgan fingerprint density at radius 3 is 2.95 bits per heavy atom. The number of nitrogens with zero attached hydrogens (tertiary/aromatic N) is 3. The van der Waals surface area contributed by atoms with Crippen molar-refractivity contribution in [1.29, 1.82) is 5.26 Å². The topological polar surface area (TPSA) is 101 Å². The van der Waals surface area contributed by atoms with Crippen molar-refractivity contribution in [2.75, 3.05) is 12.4 Å². The number of benzene rings is 1. The van der Waals surface area contributed by atoms with E-state index in [1.165, 1.54) is 19.2 Å². The number of aromatic nitrogens is 1. The molecule has 0 spiro atoms. The summed E-state index contributed by atoms with van der Waals surface area (Å²) in [7, 11) is 1.53. The summed E-state index contributed by atoms with van der Waals surface area (Å²) >= 11 is 0. The second-order valence-electron chi connectivity index (χ2n) is 4.13. The third-order valence-corrected chi connectivity index (χ3v) is 2.84. The van der Waals surface area contributed by atoms with Crippen molar-refractivity contribution >= 4 is 11.4 Å².